The number of nitrogens with zero attached hydrogens (tertiary/aromatic N) is 4. The van der Waals surface area contributed by atoms with E-state index in [0.29, 0.717) is 36.8 Å². The molecule has 0 radical (unpaired) electrons. The maximum Gasteiger partial charge on any atom is 0.243 e. The number of rotatable bonds is 9. The lowest BCUT2D eigenvalue weighted by molar-refractivity contribution is 0.248. The highest BCUT2D eigenvalue weighted by Crippen LogP contribution is 2.36. The van der Waals surface area contributed by atoms with Crippen LogP contribution < -0.4 is 9.64 Å². The summed E-state index contributed by atoms with van der Waals surface area (Å²) in [6.45, 7) is 0.829. The third-order valence-corrected chi connectivity index (χ3v) is 9.94. The quantitative estimate of drug-likeness (QED) is 0.245. The van der Waals surface area contributed by atoms with Gasteiger partial charge in [-0.25, -0.2) is 13.4 Å². The molecule has 44 heavy (non-hydrogen) atoms. The van der Waals surface area contributed by atoms with Crippen molar-refractivity contribution in [3.63, 3.8) is 0 Å². The van der Waals surface area contributed by atoms with E-state index in [2.05, 4.69) is 9.88 Å². The summed E-state index contributed by atoms with van der Waals surface area (Å²) in [5.74, 6) is 1.76. The molecule has 6 rings (SSSR count). The molecule has 10 nitrogen and oxygen atoms in total. The molecule has 1 aliphatic rings. The van der Waals surface area contributed by atoms with Crippen LogP contribution >= 0.6 is 0 Å². The molecule has 0 unspecified atom stereocenters. The summed E-state index contributed by atoms with van der Waals surface area (Å²) >= 11 is 0. The van der Waals surface area contributed by atoms with Gasteiger partial charge in [0, 0.05) is 43.6 Å². The molecule has 11 heteroatoms. The van der Waals surface area contributed by atoms with E-state index in [1.165, 1.54) is 0 Å². The summed E-state index contributed by atoms with van der Waals surface area (Å²) in [6.07, 6.45) is 4.00. The molecular weight excluding hydrogens is 580 g/mol. The van der Waals surface area contributed by atoms with Crippen molar-refractivity contribution in [3.05, 3.63) is 114 Å². The number of furan rings is 1. The van der Waals surface area contributed by atoms with Crippen molar-refractivity contribution in [2.75, 3.05) is 18.6 Å². The molecular formula is C33H34N4O6S. The predicted molar refractivity (Wildman–Crippen MR) is 166 cm³/mol. The van der Waals surface area contributed by atoms with Crippen LogP contribution in [-0.2, 0) is 43.2 Å². The molecule has 1 atom stereocenters. The maximum atomic E-state index is 14.4. The van der Waals surface area contributed by atoms with Crippen molar-refractivity contribution < 1.29 is 27.8 Å². The molecule has 0 bridgehead atoms. The van der Waals surface area contributed by atoms with Gasteiger partial charge in [-0.1, -0.05) is 12.1 Å². The van der Waals surface area contributed by atoms with Crippen molar-refractivity contribution in [2.45, 2.75) is 37.1 Å². The van der Waals surface area contributed by atoms with Crippen molar-refractivity contribution in [1.29, 1.82) is 0 Å². The van der Waals surface area contributed by atoms with Crippen LogP contribution in [0.4, 0.5) is 5.69 Å². The Morgan fingerprint density at radius 1 is 1.02 bits per heavy atom. The SMILES string of the molecule is COc1ccc(S(=O)(=O)N2Cc3cc(-c4ccc(CO)o4)ccc3N(Cc3cncn3C)C[C@H]2Cc2ccc(O)cc2)cc1. The fourth-order valence-electron chi connectivity index (χ4n) is 5.65. The number of imidazole rings is 1. The van der Waals surface area contributed by atoms with Gasteiger partial charge in [0.05, 0.1) is 30.6 Å². The van der Waals surface area contributed by atoms with E-state index in [1.54, 1.807) is 66.3 Å². The summed E-state index contributed by atoms with van der Waals surface area (Å²) in [5, 5.41) is 19.4. The number of phenols is 1. The van der Waals surface area contributed by atoms with Gasteiger partial charge >= 0.3 is 0 Å². The number of anilines is 1. The average Bonchev–Trinajstić information content (AvgIpc) is 3.65. The van der Waals surface area contributed by atoms with E-state index >= 15 is 0 Å². The van der Waals surface area contributed by atoms with Crippen molar-refractivity contribution in [2.24, 2.45) is 7.05 Å². The summed E-state index contributed by atoms with van der Waals surface area (Å²) in [5.41, 5.74) is 4.39. The number of aromatic nitrogens is 2. The fraction of sp³-hybridized carbons (Fsp3) is 0.242. The number of ether oxygens (including phenoxy) is 1. The van der Waals surface area contributed by atoms with E-state index in [1.807, 2.05) is 48.1 Å². The van der Waals surface area contributed by atoms with Gasteiger partial charge < -0.3 is 28.8 Å². The van der Waals surface area contributed by atoms with Gasteiger partial charge in [-0.05, 0) is 84.3 Å². The molecule has 2 N–H and O–H groups in total. The van der Waals surface area contributed by atoms with Crippen LogP contribution in [0.5, 0.6) is 11.5 Å². The Balaban J connectivity index is 1.48. The zero-order valence-corrected chi connectivity index (χ0v) is 25.3. The monoisotopic (exact) mass is 614 g/mol. The molecule has 0 spiro atoms. The van der Waals surface area contributed by atoms with Crippen LogP contribution in [-0.4, -0.2) is 52.2 Å². The predicted octanol–water partition coefficient (Wildman–Crippen LogP) is 4.71. The number of benzene rings is 3. The van der Waals surface area contributed by atoms with E-state index in [-0.39, 0.29) is 23.8 Å². The molecule has 2 aromatic heterocycles. The number of aliphatic hydroxyl groups excluding tert-OH is 1. The summed E-state index contributed by atoms with van der Waals surface area (Å²) in [6, 6.07) is 22.3. The third kappa shape index (κ3) is 5.94. The van der Waals surface area contributed by atoms with E-state index in [9.17, 15) is 18.6 Å². The van der Waals surface area contributed by atoms with Crippen LogP contribution in [0.2, 0.25) is 0 Å². The summed E-state index contributed by atoms with van der Waals surface area (Å²) < 4.78 is 43.5. The van der Waals surface area contributed by atoms with Crippen molar-refractivity contribution in [1.82, 2.24) is 13.9 Å². The molecule has 3 heterocycles. The fourth-order valence-corrected chi connectivity index (χ4v) is 7.24. The van der Waals surface area contributed by atoms with Crippen LogP contribution in [0.25, 0.3) is 11.3 Å². The van der Waals surface area contributed by atoms with Crippen molar-refractivity contribution in [3.8, 4) is 22.8 Å². The minimum absolute atomic E-state index is 0.121. The van der Waals surface area contributed by atoms with Gasteiger partial charge in [-0.3, -0.25) is 0 Å². The lowest BCUT2D eigenvalue weighted by atomic mass is 10.1. The second-order valence-corrected chi connectivity index (χ2v) is 12.8. The standard InChI is InChI=1S/C33H34N4O6S/c1-35-22-34-17-27(35)20-36-19-26(15-23-3-6-28(39)7-4-23)37(44(40,41)31-11-8-29(42-2)9-12-31)18-25-16-24(5-13-32(25)36)33-14-10-30(21-38)43-33/h3-14,16-17,22,26,38-39H,15,18-21H2,1-2H3/t26-/m1/s1. The largest absolute Gasteiger partial charge is 0.508 e. The lowest BCUT2D eigenvalue weighted by Gasteiger charge is -2.32. The molecule has 228 valence electrons. The molecule has 5 aromatic rings. The molecule has 0 amide bonds. The highest BCUT2D eigenvalue weighted by Gasteiger charge is 2.37. The first kappa shape index (κ1) is 29.5. The molecule has 0 saturated carbocycles. The van der Waals surface area contributed by atoms with Gasteiger partial charge in [0.15, 0.2) is 0 Å². The Morgan fingerprint density at radius 2 is 1.80 bits per heavy atom. The highest BCUT2D eigenvalue weighted by atomic mass is 32.2. The smallest absolute Gasteiger partial charge is 0.243 e. The Bertz CT molecular complexity index is 1850. The molecule has 3 aromatic carbocycles. The summed E-state index contributed by atoms with van der Waals surface area (Å²) in [4.78, 5) is 6.67. The number of phenolic OH excluding ortho intramolecular Hbond substituents is 1. The number of aliphatic hydroxyl groups is 1. The second kappa shape index (κ2) is 12.2. The van der Waals surface area contributed by atoms with Crippen LogP contribution in [0, 0.1) is 0 Å². The first-order valence-corrected chi connectivity index (χ1v) is 15.7. The molecule has 1 aliphatic heterocycles. The molecule has 0 fully saturated rings. The van der Waals surface area contributed by atoms with Gasteiger partial charge in [-0.15, -0.1) is 0 Å². The molecule has 0 aliphatic carbocycles. The Morgan fingerprint density at radius 3 is 2.45 bits per heavy atom. The van der Waals surface area contributed by atoms with Crippen molar-refractivity contribution >= 4 is 15.7 Å². The van der Waals surface area contributed by atoms with Gasteiger partial charge in [0.25, 0.3) is 0 Å². The van der Waals surface area contributed by atoms with E-state index in [0.717, 1.165) is 28.1 Å². The number of aromatic hydroxyl groups is 1. The average molecular weight is 615 g/mol. The topological polar surface area (TPSA) is 121 Å². The van der Waals surface area contributed by atoms with Gasteiger partial charge in [-0.2, -0.15) is 4.31 Å². The zero-order chi connectivity index (χ0) is 30.8. The Kier molecular flexibility index (Phi) is 8.17. The Hall–Kier alpha value is -4.58. The first-order valence-electron chi connectivity index (χ1n) is 14.2. The zero-order valence-electron chi connectivity index (χ0n) is 24.5. The summed E-state index contributed by atoms with van der Waals surface area (Å²) in [7, 11) is -0.494. The highest BCUT2D eigenvalue weighted by molar-refractivity contribution is 7.89. The molecule has 0 saturated heterocycles. The van der Waals surface area contributed by atoms with E-state index < -0.39 is 16.1 Å². The lowest BCUT2D eigenvalue weighted by Crippen LogP contribution is -2.45. The number of hydrogen-bond donors (Lipinski definition) is 2. The normalized spacial score (nSPS) is 15.6. The van der Waals surface area contributed by atoms with Crippen LogP contribution in [0.15, 0.2) is 101 Å². The number of hydrogen-bond acceptors (Lipinski definition) is 8. The number of aryl methyl sites for hydroxylation is 1. The van der Waals surface area contributed by atoms with Gasteiger partial charge in [0.1, 0.15) is 29.6 Å². The van der Waals surface area contributed by atoms with Gasteiger partial charge in [0.2, 0.25) is 10.0 Å². The van der Waals surface area contributed by atoms with Crippen LogP contribution in [0.1, 0.15) is 22.6 Å². The minimum Gasteiger partial charge on any atom is -0.508 e. The number of sulfonamides is 1. The first-order chi connectivity index (χ1) is 21.2. The number of methoxy groups -OCH3 is 1. The Labute approximate surface area is 256 Å². The van der Waals surface area contributed by atoms with Crippen LogP contribution in [0.3, 0.4) is 0 Å². The number of fused-ring (bicyclic) bond motifs is 1. The third-order valence-electron chi connectivity index (χ3n) is 8.03. The van der Waals surface area contributed by atoms with E-state index in [4.69, 9.17) is 9.15 Å². The second-order valence-electron chi connectivity index (χ2n) is 10.9. The maximum absolute atomic E-state index is 14.4. The minimum atomic E-state index is -3.97.